The monoisotopic (exact) mass is 171 g/mol. The Morgan fingerprint density at radius 3 is 2.58 bits per heavy atom. The molecule has 0 fully saturated rings. The van der Waals surface area contributed by atoms with Crippen LogP contribution in [-0.2, 0) is 4.79 Å². The lowest BCUT2D eigenvalue weighted by Crippen LogP contribution is -2.35. The zero-order valence-corrected chi connectivity index (χ0v) is 7.92. The number of aliphatic hydroxyl groups excluding tert-OH is 1. The van der Waals surface area contributed by atoms with E-state index in [1.54, 1.807) is 13.0 Å². The van der Waals surface area contributed by atoms with Crippen molar-refractivity contribution in [1.29, 1.82) is 0 Å². The van der Waals surface area contributed by atoms with Crippen LogP contribution in [0.25, 0.3) is 0 Å². The van der Waals surface area contributed by atoms with E-state index in [-0.39, 0.29) is 17.9 Å². The average molecular weight is 171 g/mol. The van der Waals surface area contributed by atoms with Gasteiger partial charge < -0.3 is 10.4 Å². The molecule has 1 amide bonds. The molecule has 0 unspecified atom stereocenters. The highest BCUT2D eigenvalue weighted by Gasteiger charge is 2.16. The molecule has 0 heterocycles. The quantitative estimate of drug-likeness (QED) is 0.612. The fourth-order valence-electron chi connectivity index (χ4n) is 0.593. The molecule has 0 aliphatic heterocycles. The summed E-state index contributed by atoms with van der Waals surface area (Å²) in [6.45, 7) is 6.14. The van der Waals surface area contributed by atoms with Crippen molar-refractivity contribution >= 4 is 5.91 Å². The third-order valence-electron chi connectivity index (χ3n) is 1.49. The van der Waals surface area contributed by atoms with Crippen LogP contribution in [-0.4, -0.2) is 24.2 Å². The van der Waals surface area contributed by atoms with Crippen molar-refractivity contribution in [3.8, 4) is 0 Å². The Kier molecular flexibility index (Phi) is 4.59. The number of rotatable bonds is 4. The van der Waals surface area contributed by atoms with Crippen molar-refractivity contribution in [3.63, 3.8) is 0 Å². The van der Waals surface area contributed by atoms with E-state index in [0.29, 0.717) is 6.54 Å². The molecule has 0 bridgehead atoms. The lowest BCUT2D eigenvalue weighted by atomic mass is 9.95. The summed E-state index contributed by atoms with van der Waals surface area (Å²) in [7, 11) is 0. The smallest absolute Gasteiger partial charge is 0.243 e. The van der Waals surface area contributed by atoms with E-state index in [1.807, 2.05) is 13.8 Å². The fraction of sp³-hybridized carbons (Fsp3) is 0.667. The lowest BCUT2D eigenvalue weighted by Gasteiger charge is -2.21. The van der Waals surface area contributed by atoms with Crippen LogP contribution in [0.3, 0.4) is 0 Å². The van der Waals surface area contributed by atoms with E-state index in [0.717, 1.165) is 0 Å². The molecule has 0 aromatic heterocycles. The average Bonchev–Trinajstić information content (AvgIpc) is 2.02. The Bertz CT molecular complexity index is 173. The van der Waals surface area contributed by atoms with Gasteiger partial charge in [0.1, 0.15) is 0 Å². The van der Waals surface area contributed by atoms with E-state index < -0.39 is 0 Å². The summed E-state index contributed by atoms with van der Waals surface area (Å²) in [5, 5.41) is 11.6. The van der Waals surface area contributed by atoms with E-state index in [4.69, 9.17) is 5.11 Å². The predicted octanol–water partition coefficient (Wildman–Crippen LogP) is 0.697. The lowest BCUT2D eigenvalue weighted by molar-refractivity contribution is -0.117. The first-order valence-electron chi connectivity index (χ1n) is 4.03. The van der Waals surface area contributed by atoms with Gasteiger partial charge in [-0.25, -0.2) is 0 Å². The van der Waals surface area contributed by atoms with Crippen LogP contribution in [0, 0.1) is 5.41 Å². The van der Waals surface area contributed by atoms with Gasteiger partial charge in [-0.15, -0.1) is 0 Å². The molecule has 3 nitrogen and oxygen atoms in total. The van der Waals surface area contributed by atoms with Gasteiger partial charge in [0.2, 0.25) is 5.91 Å². The van der Waals surface area contributed by atoms with Gasteiger partial charge in [-0.2, -0.15) is 0 Å². The van der Waals surface area contributed by atoms with Gasteiger partial charge >= 0.3 is 0 Å². The molecular formula is C9H17NO2. The Morgan fingerprint density at radius 1 is 1.58 bits per heavy atom. The summed E-state index contributed by atoms with van der Waals surface area (Å²) in [5.41, 5.74) is -0.239. The molecule has 0 spiro atoms. The maximum Gasteiger partial charge on any atom is 0.243 e. The Morgan fingerprint density at radius 2 is 2.17 bits per heavy atom. The van der Waals surface area contributed by atoms with Crippen molar-refractivity contribution in [2.24, 2.45) is 5.41 Å². The van der Waals surface area contributed by atoms with Crippen LogP contribution in [0.5, 0.6) is 0 Å². The van der Waals surface area contributed by atoms with Crippen LogP contribution in [0.1, 0.15) is 20.8 Å². The van der Waals surface area contributed by atoms with Gasteiger partial charge in [-0.05, 0) is 13.0 Å². The van der Waals surface area contributed by atoms with Crippen LogP contribution >= 0.6 is 0 Å². The minimum Gasteiger partial charge on any atom is -0.396 e. The normalized spacial score (nSPS) is 12.0. The first-order chi connectivity index (χ1) is 5.52. The molecule has 3 heteroatoms. The molecule has 70 valence electrons. The van der Waals surface area contributed by atoms with Gasteiger partial charge in [-0.3, -0.25) is 4.79 Å². The number of amides is 1. The maximum atomic E-state index is 10.9. The van der Waals surface area contributed by atoms with Gasteiger partial charge in [0.15, 0.2) is 0 Å². The highest BCUT2D eigenvalue weighted by molar-refractivity contribution is 5.87. The van der Waals surface area contributed by atoms with Crippen LogP contribution in [0.2, 0.25) is 0 Å². The molecule has 0 aromatic rings. The summed E-state index contributed by atoms with van der Waals surface area (Å²) in [5.74, 6) is -0.112. The molecule has 0 aliphatic rings. The third-order valence-corrected chi connectivity index (χ3v) is 1.49. The summed E-state index contributed by atoms with van der Waals surface area (Å²) in [6.07, 6.45) is 3.15. The highest BCUT2D eigenvalue weighted by Crippen LogP contribution is 2.10. The molecule has 0 saturated heterocycles. The van der Waals surface area contributed by atoms with Crippen molar-refractivity contribution in [3.05, 3.63) is 12.2 Å². The maximum absolute atomic E-state index is 10.9. The van der Waals surface area contributed by atoms with Gasteiger partial charge in [0.25, 0.3) is 0 Å². The summed E-state index contributed by atoms with van der Waals surface area (Å²) < 4.78 is 0. The first-order valence-corrected chi connectivity index (χ1v) is 4.03. The van der Waals surface area contributed by atoms with Gasteiger partial charge in [0.05, 0.1) is 0 Å². The Hall–Kier alpha value is -0.830. The van der Waals surface area contributed by atoms with Crippen molar-refractivity contribution < 1.29 is 9.90 Å². The summed E-state index contributed by atoms with van der Waals surface area (Å²) in [6, 6.07) is 0. The molecule has 0 aliphatic carbocycles. The van der Waals surface area contributed by atoms with Crippen molar-refractivity contribution in [2.45, 2.75) is 20.8 Å². The number of carbonyl (C=O) groups excluding carboxylic acids is 1. The highest BCUT2D eigenvalue weighted by atomic mass is 16.3. The van der Waals surface area contributed by atoms with E-state index in [9.17, 15) is 4.79 Å². The Labute approximate surface area is 73.5 Å². The van der Waals surface area contributed by atoms with Crippen LogP contribution in [0.15, 0.2) is 12.2 Å². The number of allylic oxidation sites excluding steroid dienone is 1. The number of hydrogen-bond donors (Lipinski definition) is 2. The van der Waals surface area contributed by atoms with Crippen LogP contribution in [0.4, 0.5) is 0 Å². The van der Waals surface area contributed by atoms with E-state index in [1.165, 1.54) is 6.08 Å². The predicted molar refractivity (Wildman–Crippen MR) is 48.7 cm³/mol. The molecule has 2 N–H and O–H groups in total. The number of aliphatic hydroxyl groups is 1. The minimum absolute atomic E-state index is 0.0725. The summed E-state index contributed by atoms with van der Waals surface area (Å²) >= 11 is 0. The molecule has 12 heavy (non-hydrogen) atoms. The van der Waals surface area contributed by atoms with E-state index in [2.05, 4.69) is 5.32 Å². The molecule has 0 saturated carbocycles. The number of hydrogen-bond acceptors (Lipinski definition) is 2. The molecule has 0 rings (SSSR count). The topological polar surface area (TPSA) is 49.3 Å². The number of carbonyl (C=O) groups is 1. The molecule has 0 radical (unpaired) electrons. The standard InChI is InChI=1S/C9H17NO2/c1-4-5-8(12)10-6-9(2,3)7-11/h4-5,11H,6-7H2,1-3H3,(H,10,12)/b5-4+. The SMILES string of the molecule is C/C=C/C(=O)NCC(C)(C)CO. The fourth-order valence-corrected chi connectivity index (χ4v) is 0.593. The molecule has 0 aromatic carbocycles. The van der Waals surface area contributed by atoms with Gasteiger partial charge in [0, 0.05) is 18.6 Å². The van der Waals surface area contributed by atoms with Crippen LogP contribution < -0.4 is 5.32 Å². The second-order valence-corrected chi connectivity index (χ2v) is 3.54. The van der Waals surface area contributed by atoms with Crippen molar-refractivity contribution in [2.75, 3.05) is 13.2 Å². The molecule has 0 atom stereocenters. The first kappa shape index (κ1) is 11.2. The second kappa shape index (κ2) is 4.93. The second-order valence-electron chi connectivity index (χ2n) is 3.54. The van der Waals surface area contributed by atoms with Gasteiger partial charge in [-0.1, -0.05) is 19.9 Å². The zero-order chi connectivity index (χ0) is 9.61. The zero-order valence-electron chi connectivity index (χ0n) is 7.92. The number of nitrogens with one attached hydrogen (secondary N) is 1. The largest absolute Gasteiger partial charge is 0.396 e. The third kappa shape index (κ3) is 4.91. The van der Waals surface area contributed by atoms with Crippen molar-refractivity contribution in [1.82, 2.24) is 5.32 Å². The minimum atomic E-state index is -0.239. The van der Waals surface area contributed by atoms with E-state index >= 15 is 0 Å². The summed E-state index contributed by atoms with van der Waals surface area (Å²) in [4.78, 5) is 10.9. The Balaban J connectivity index is 3.75. The molecular weight excluding hydrogens is 154 g/mol.